The lowest BCUT2D eigenvalue weighted by Gasteiger charge is -2.28. The van der Waals surface area contributed by atoms with E-state index in [1.165, 1.54) is 0 Å². The summed E-state index contributed by atoms with van der Waals surface area (Å²) in [5.74, 6) is -4.95. The van der Waals surface area contributed by atoms with Crippen molar-refractivity contribution in [2.45, 2.75) is 44.4 Å². The van der Waals surface area contributed by atoms with Crippen molar-refractivity contribution >= 4 is 22.5 Å². The number of hydrogen-bond acceptors (Lipinski definition) is 4. The van der Waals surface area contributed by atoms with Gasteiger partial charge in [0, 0.05) is 30.5 Å². The molecule has 0 unspecified atom stereocenters. The topological polar surface area (TPSA) is 77.2 Å². The molecule has 1 amide bonds. The van der Waals surface area contributed by atoms with Crippen molar-refractivity contribution < 1.29 is 40.3 Å². The second-order valence-corrected chi connectivity index (χ2v) is 7.37. The van der Waals surface area contributed by atoms with Crippen LogP contribution in [-0.2, 0) is 6.18 Å². The molecule has 5 nitrogen and oxygen atoms in total. The smallest absolute Gasteiger partial charge is 0.418 e. The van der Waals surface area contributed by atoms with E-state index < -0.39 is 59.5 Å². The van der Waals surface area contributed by atoms with Gasteiger partial charge in [0.1, 0.15) is 11.4 Å². The number of amides is 1. The molecule has 2 aromatic rings. The number of nitrogens with one attached hydrogen (secondary N) is 1. The van der Waals surface area contributed by atoms with Gasteiger partial charge in [0.25, 0.3) is 5.91 Å². The average molecular weight is 453 g/mol. The van der Waals surface area contributed by atoms with Crippen molar-refractivity contribution in [3.8, 4) is 5.75 Å². The number of anilines is 1. The van der Waals surface area contributed by atoms with Gasteiger partial charge < -0.3 is 15.8 Å². The zero-order valence-corrected chi connectivity index (χ0v) is 15.9. The second kappa shape index (κ2) is 8.39. The lowest BCUT2D eigenvalue weighted by Crippen LogP contribution is -2.35. The number of nitrogens with zero attached hydrogens (tertiary/aromatic N) is 1. The molecule has 1 atom stereocenters. The molecule has 0 spiro atoms. The van der Waals surface area contributed by atoms with Gasteiger partial charge in [-0.05, 0) is 37.0 Å². The molecule has 1 saturated carbocycles. The Kier molecular flexibility index (Phi) is 6.19. The highest BCUT2D eigenvalue weighted by Crippen LogP contribution is 2.39. The molecule has 3 N–H and O–H groups in total. The Morgan fingerprint density at radius 3 is 2.61 bits per heavy atom. The van der Waals surface area contributed by atoms with Crippen molar-refractivity contribution in [1.82, 2.24) is 10.3 Å². The highest BCUT2D eigenvalue weighted by atomic mass is 19.4. The fraction of sp³-hybridized carbons (Fsp3) is 0.474. The Bertz CT molecular complexity index is 979. The number of ether oxygens (including phenoxy) is 1. The quantitative estimate of drug-likeness (QED) is 0.626. The van der Waals surface area contributed by atoms with E-state index in [9.17, 15) is 35.5 Å². The first-order chi connectivity index (χ1) is 14.4. The summed E-state index contributed by atoms with van der Waals surface area (Å²) in [5.41, 5.74) is 2.85. The molecule has 1 aliphatic carbocycles. The summed E-state index contributed by atoms with van der Waals surface area (Å²) < 4.78 is 96.4. The van der Waals surface area contributed by atoms with Crippen LogP contribution in [0.3, 0.4) is 0 Å². The van der Waals surface area contributed by atoms with Crippen LogP contribution in [0.4, 0.5) is 36.4 Å². The monoisotopic (exact) mass is 453 g/mol. The number of benzene rings is 1. The molecular weight excluding hydrogens is 435 g/mol. The molecule has 0 radical (unpaired) electrons. The molecule has 12 heteroatoms. The van der Waals surface area contributed by atoms with Crippen LogP contribution in [0.25, 0.3) is 10.9 Å². The van der Waals surface area contributed by atoms with Crippen LogP contribution >= 0.6 is 0 Å². The van der Waals surface area contributed by atoms with Crippen LogP contribution in [0.1, 0.15) is 41.7 Å². The molecule has 1 aromatic carbocycles. The molecule has 3 rings (SSSR count). The Hall–Kier alpha value is -2.79. The first kappa shape index (κ1) is 22.9. The zero-order chi connectivity index (χ0) is 23.0. The summed E-state index contributed by atoms with van der Waals surface area (Å²) in [6.07, 6.45) is -4.84. The predicted molar refractivity (Wildman–Crippen MR) is 97.0 cm³/mol. The number of nitrogens with two attached hydrogens (primary N) is 1. The van der Waals surface area contributed by atoms with Crippen LogP contribution < -0.4 is 15.8 Å². The number of halogens is 7. The highest BCUT2D eigenvalue weighted by molar-refractivity contribution is 6.00. The SMILES string of the molecule is Nc1cc(C(=O)NC[C@@H]2CCCC(F)(F)C2)nc2c(C(F)(F)F)cc(OC(F)F)cc12. The average Bonchev–Trinajstić information content (AvgIpc) is 2.64. The van der Waals surface area contributed by atoms with Gasteiger partial charge in [-0.1, -0.05) is 0 Å². The Morgan fingerprint density at radius 2 is 2.00 bits per heavy atom. The van der Waals surface area contributed by atoms with Gasteiger partial charge in [-0.15, -0.1) is 0 Å². The fourth-order valence-corrected chi connectivity index (χ4v) is 3.61. The normalized spacial score (nSPS) is 18.9. The first-order valence-electron chi connectivity index (χ1n) is 9.28. The summed E-state index contributed by atoms with van der Waals surface area (Å²) in [7, 11) is 0. The van der Waals surface area contributed by atoms with E-state index in [4.69, 9.17) is 5.73 Å². The molecular formula is C19H18F7N3O2. The van der Waals surface area contributed by atoms with Gasteiger partial charge >= 0.3 is 12.8 Å². The first-order valence-corrected chi connectivity index (χ1v) is 9.28. The molecule has 170 valence electrons. The largest absolute Gasteiger partial charge is 0.435 e. The minimum Gasteiger partial charge on any atom is -0.435 e. The Labute approximate surface area is 171 Å². The molecule has 1 aromatic heterocycles. The number of aromatic nitrogens is 1. The minimum atomic E-state index is -5.00. The second-order valence-electron chi connectivity index (χ2n) is 7.37. The van der Waals surface area contributed by atoms with Gasteiger partial charge in [-0.3, -0.25) is 4.79 Å². The van der Waals surface area contributed by atoms with Crippen LogP contribution in [0, 0.1) is 5.92 Å². The van der Waals surface area contributed by atoms with Crippen molar-refractivity contribution in [3.63, 3.8) is 0 Å². The molecule has 1 aliphatic rings. The van der Waals surface area contributed by atoms with E-state index in [1.807, 2.05) is 0 Å². The van der Waals surface area contributed by atoms with Crippen LogP contribution in [-0.4, -0.2) is 30.0 Å². The fourth-order valence-electron chi connectivity index (χ4n) is 3.61. The summed E-state index contributed by atoms with van der Waals surface area (Å²) in [5, 5.41) is 2.07. The van der Waals surface area contributed by atoms with Crippen molar-refractivity contribution in [1.29, 1.82) is 0 Å². The van der Waals surface area contributed by atoms with Gasteiger partial charge in [0.05, 0.1) is 11.1 Å². The maximum atomic E-state index is 13.5. The van der Waals surface area contributed by atoms with Crippen molar-refractivity contribution in [2.75, 3.05) is 12.3 Å². The van der Waals surface area contributed by atoms with E-state index in [-0.39, 0.29) is 24.0 Å². The number of alkyl halides is 7. The van der Waals surface area contributed by atoms with Gasteiger partial charge in [-0.2, -0.15) is 22.0 Å². The van der Waals surface area contributed by atoms with Gasteiger partial charge in [0.15, 0.2) is 0 Å². The molecule has 0 saturated heterocycles. The number of carbonyl (C=O) groups excluding carboxylic acids is 1. The van der Waals surface area contributed by atoms with E-state index in [0.717, 1.165) is 12.1 Å². The minimum absolute atomic E-state index is 0.0959. The van der Waals surface area contributed by atoms with Crippen LogP contribution in [0.5, 0.6) is 5.75 Å². The summed E-state index contributed by atoms with van der Waals surface area (Å²) in [6.45, 7) is -3.45. The molecule has 1 fully saturated rings. The van der Waals surface area contributed by atoms with Gasteiger partial charge in [0.2, 0.25) is 5.92 Å². The molecule has 0 aliphatic heterocycles. The van der Waals surface area contributed by atoms with Gasteiger partial charge in [-0.25, -0.2) is 13.8 Å². The number of carbonyl (C=O) groups is 1. The third kappa shape index (κ3) is 5.47. The summed E-state index contributed by atoms with van der Waals surface area (Å²) in [6, 6.07) is 2.19. The zero-order valence-electron chi connectivity index (χ0n) is 15.9. The predicted octanol–water partition coefficient (Wildman–Crippen LogP) is 4.99. The standard InChI is InChI=1S/C19H18F7N3O2/c20-17(21)31-10-4-11-13(27)6-14(29-15(11)12(5-10)19(24,25)26)16(30)28-8-9-2-1-3-18(22,23)7-9/h4-6,9,17H,1-3,7-8H2,(H2,27,29)(H,28,30)/t9-/m1/s1. The molecule has 1 heterocycles. The molecule has 31 heavy (non-hydrogen) atoms. The van der Waals surface area contributed by atoms with E-state index >= 15 is 0 Å². The summed E-state index contributed by atoms with van der Waals surface area (Å²) >= 11 is 0. The Balaban J connectivity index is 1.90. The number of pyridine rings is 1. The van der Waals surface area contributed by atoms with E-state index in [0.29, 0.717) is 18.9 Å². The third-order valence-corrected chi connectivity index (χ3v) is 4.98. The maximum Gasteiger partial charge on any atom is 0.418 e. The van der Waals surface area contributed by atoms with E-state index in [2.05, 4.69) is 15.0 Å². The number of nitrogen functional groups attached to an aromatic ring is 1. The highest BCUT2D eigenvalue weighted by Gasteiger charge is 2.37. The Morgan fingerprint density at radius 1 is 1.29 bits per heavy atom. The number of hydrogen-bond donors (Lipinski definition) is 2. The summed E-state index contributed by atoms with van der Waals surface area (Å²) in [4.78, 5) is 16.1. The number of rotatable bonds is 5. The third-order valence-electron chi connectivity index (χ3n) is 4.98. The van der Waals surface area contributed by atoms with E-state index in [1.54, 1.807) is 0 Å². The maximum absolute atomic E-state index is 13.5. The lowest BCUT2D eigenvalue weighted by molar-refractivity contribution is -0.136. The van der Waals surface area contributed by atoms with Crippen LogP contribution in [0.15, 0.2) is 18.2 Å². The van der Waals surface area contributed by atoms with Crippen molar-refractivity contribution in [3.05, 3.63) is 29.5 Å². The molecule has 0 bridgehead atoms. The van der Waals surface area contributed by atoms with Crippen molar-refractivity contribution in [2.24, 2.45) is 5.92 Å². The number of fused-ring (bicyclic) bond motifs is 1. The lowest BCUT2D eigenvalue weighted by atomic mass is 9.86. The van der Waals surface area contributed by atoms with Crippen LogP contribution in [0.2, 0.25) is 0 Å².